The third-order valence-corrected chi connectivity index (χ3v) is 7.46. The van der Waals surface area contributed by atoms with Gasteiger partial charge >= 0.3 is 0 Å². The molecule has 4 nitrogen and oxygen atoms in total. The zero-order valence-electron chi connectivity index (χ0n) is 19.7. The van der Waals surface area contributed by atoms with E-state index in [1.807, 2.05) is 65.7 Å². The summed E-state index contributed by atoms with van der Waals surface area (Å²) in [6, 6.07) is 26.9. The topological polar surface area (TPSA) is 38.1 Å². The van der Waals surface area contributed by atoms with Crippen LogP contribution in [0.15, 0.2) is 95.6 Å². The van der Waals surface area contributed by atoms with Crippen LogP contribution in [0.3, 0.4) is 0 Å². The molecule has 2 heterocycles. The fourth-order valence-corrected chi connectivity index (χ4v) is 5.44. The number of benzene rings is 4. The van der Waals surface area contributed by atoms with E-state index < -0.39 is 0 Å². The number of hydrogen-bond acceptors (Lipinski definition) is 2. The molecular formula is C30H23BrFN3O. The van der Waals surface area contributed by atoms with Crippen LogP contribution >= 0.6 is 15.9 Å². The van der Waals surface area contributed by atoms with Gasteiger partial charge in [0.25, 0.3) is 5.91 Å². The number of amides is 1. The Kier molecular flexibility index (Phi) is 5.69. The second kappa shape index (κ2) is 9.03. The summed E-state index contributed by atoms with van der Waals surface area (Å²) in [5.41, 5.74) is 5.93. The Balaban J connectivity index is 1.48. The number of hydrogen-bond donors (Lipinski definition) is 0. The first-order chi connectivity index (χ1) is 17.5. The second-order valence-electron chi connectivity index (χ2n) is 9.12. The van der Waals surface area contributed by atoms with Gasteiger partial charge in [0.2, 0.25) is 0 Å². The van der Waals surface area contributed by atoms with Crippen LogP contribution in [-0.4, -0.2) is 27.1 Å². The van der Waals surface area contributed by atoms with Crippen molar-refractivity contribution in [3.63, 3.8) is 0 Å². The van der Waals surface area contributed by atoms with Crippen LogP contribution in [0.4, 0.5) is 4.39 Å². The molecular weight excluding hydrogens is 517 g/mol. The number of aromatic nitrogens is 2. The van der Waals surface area contributed by atoms with Gasteiger partial charge in [-0.3, -0.25) is 4.79 Å². The van der Waals surface area contributed by atoms with E-state index in [0.29, 0.717) is 27.8 Å². The van der Waals surface area contributed by atoms with Crippen molar-refractivity contribution < 1.29 is 9.18 Å². The predicted octanol–water partition coefficient (Wildman–Crippen LogP) is 7.35. The Labute approximate surface area is 217 Å². The summed E-state index contributed by atoms with van der Waals surface area (Å²) in [7, 11) is 0. The van der Waals surface area contributed by atoms with E-state index in [9.17, 15) is 9.18 Å². The molecule has 0 bridgehead atoms. The SMILES string of the molecule is C[C@@H]1c2ccccc2CCN1C(=O)c1cc(-c2ccccc2)c2cn(-c3ccc(Br)cc3F)nc2c1. The first-order valence-corrected chi connectivity index (χ1v) is 12.7. The van der Waals surface area contributed by atoms with Gasteiger partial charge in [-0.05, 0) is 65.9 Å². The lowest BCUT2D eigenvalue weighted by Crippen LogP contribution is -2.38. The maximum absolute atomic E-state index is 14.8. The minimum Gasteiger partial charge on any atom is -0.332 e. The number of fused-ring (bicyclic) bond motifs is 2. The number of nitrogens with zero attached hydrogens (tertiary/aromatic N) is 3. The maximum Gasteiger partial charge on any atom is 0.254 e. The molecule has 0 saturated heterocycles. The summed E-state index contributed by atoms with van der Waals surface area (Å²) < 4.78 is 17.0. The lowest BCUT2D eigenvalue weighted by molar-refractivity contribution is 0.0678. The van der Waals surface area contributed by atoms with Crippen molar-refractivity contribution in [2.24, 2.45) is 0 Å². The standard InChI is InChI=1S/C30H23BrFN3O/c1-19-24-10-6-5-9-21(24)13-14-34(19)30(36)22-15-25(20-7-3-2-4-8-20)26-18-35(33-28(26)16-22)29-12-11-23(31)17-27(29)32/h2-12,15-19H,13-14H2,1H3/t19-/m1/s1. The number of carbonyl (C=O) groups is 1. The summed E-state index contributed by atoms with van der Waals surface area (Å²) in [6.45, 7) is 2.74. The first-order valence-electron chi connectivity index (χ1n) is 11.9. The Morgan fingerprint density at radius 1 is 1.00 bits per heavy atom. The van der Waals surface area contributed by atoms with Gasteiger partial charge in [-0.15, -0.1) is 0 Å². The monoisotopic (exact) mass is 539 g/mol. The zero-order valence-corrected chi connectivity index (χ0v) is 21.2. The third-order valence-electron chi connectivity index (χ3n) is 6.97. The van der Waals surface area contributed by atoms with Crippen LogP contribution in [0, 0.1) is 5.82 Å². The first kappa shape index (κ1) is 22.7. The van der Waals surface area contributed by atoms with E-state index in [1.54, 1.807) is 16.8 Å². The highest BCUT2D eigenvalue weighted by atomic mass is 79.9. The largest absolute Gasteiger partial charge is 0.332 e. The molecule has 1 atom stereocenters. The molecule has 1 aliphatic rings. The molecule has 4 aromatic carbocycles. The van der Waals surface area contributed by atoms with Crippen molar-refractivity contribution >= 4 is 32.7 Å². The van der Waals surface area contributed by atoms with E-state index in [-0.39, 0.29) is 17.8 Å². The zero-order chi connectivity index (χ0) is 24.8. The van der Waals surface area contributed by atoms with E-state index in [1.165, 1.54) is 17.2 Å². The van der Waals surface area contributed by atoms with Crippen LogP contribution in [0.1, 0.15) is 34.5 Å². The van der Waals surface area contributed by atoms with Gasteiger partial charge in [0.05, 0.1) is 11.6 Å². The normalized spacial score (nSPS) is 15.2. The van der Waals surface area contributed by atoms with Crippen molar-refractivity contribution in [1.29, 1.82) is 0 Å². The molecule has 0 aliphatic carbocycles. The Bertz CT molecular complexity index is 1610. The molecule has 36 heavy (non-hydrogen) atoms. The van der Waals surface area contributed by atoms with Crippen molar-refractivity contribution in [1.82, 2.24) is 14.7 Å². The van der Waals surface area contributed by atoms with Crippen LogP contribution in [0.2, 0.25) is 0 Å². The fraction of sp³-hybridized carbons (Fsp3) is 0.133. The predicted molar refractivity (Wildman–Crippen MR) is 144 cm³/mol. The molecule has 0 saturated carbocycles. The molecule has 6 rings (SSSR count). The number of rotatable bonds is 3. The molecule has 1 aromatic heterocycles. The van der Waals surface area contributed by atoms with Gasteiger partial charge in [0, 0.05) is 28.2 Å². The quantitative estimate of drug-likeness (QED) is 0.240. The fourth-order valence-electron chi connectivity index (χ4n) is 5.11. The van der Waals surface area contributed by atoms with E-state index >= 15 is 0 Å². The highest BCUT2D eigenvalue weighted by Crippen LogP contribution is 2.34. The van der Waals surface area contributed by atoms with Crippen molar-refractivity contribution in [3.8, 4) is 16.8 Å². The van der Waals surface area contributed by atoms with Gasteiger partial charge in [-0.25, -0.2) is 9.07 Å². The van der Waals surface area contributed by atoms with E-state index in [2.05, 4.69) is 35.0 Å². The molecule has 1 aliphatic heterocycles. The minimum atomic E-state index is -0.379. The van der Waals surface area contributed by atoms with Crippen molar-refractivity contribution in [2.75, 3.05) is 6.54 Å². The Hall–Kier alpha value is -3.77. The van der Waals surface area contributed by atoms with Gasteiger partial charge in [-0.1, -0.05) is 70.5 Å². The molecule has 0 unspecified atom stereocenters. The molecule has 0 radical (unpaired) electrons. The van der Waals surface area contributed by atoms with E-state index in [4.69, 9.17) is 5.10 Å². The summed E-state index contributed by atoms with van der Waals surface area (Å²) in [4.78, 5) is 15.8. The maximum atomic E-state index is 14.8. The summed E-state index contributed by atoms with van der Waals surface area (Å²) in [5.74, 6) is -0.406. The lowest BCUT2D eigenvalue weighted by atomic mass is 9.92. The lowest BCUT2D eigenvalue weighted by Gasteiger charge is -2.35. The van der Waals surface area contributed by atoms with Crippen LogP contribution in [0.5, 0.6) is 0 Å². The van der Waals surface area contributed by atoms with E-state index in [0.717, 1.165) is 22.9 Å². The number of halogens is 2. The molecule has 0 spiro atoms. The van der Waals surface area contributed by atoms with Crippen molar-refractivity contribution in [3.05, 3.63) is 118 Å². The second-order valence-corrected chi connectivity index (χ2v) is 10.0. The molecule has 0 N–H and O–H groups in total. The third kappa shape index (κ3) is 3.91. The molecule has 6 heteroatoms. The Morgan fingerprint density at radius 3 is 2.58 bits per heavy atom. The van der Waals surface area contributed by atoms with Gasteiger partial charge in [0.15, 0.2) is 0 Å². The summed E-state index contributed by atoms with van der Waals surface area (Å²) >= 11 is 3.31. The molecule has 1 amide bonds. The average molecular weight is 540 g/mol. The van der Waals surface area contributed by atoms with Gasteiger partial charge < -0.3 is 4.90 Å². The number of carbonyl (C=O) groups excluding carboxylic acids is 1. The minimum absolute atomic E-state index is 0.0206. The average Bonchev–Trinajstić information content (AvgIpc) is 3.32. The highest BCUT2D eigenvalue weighted by molar-refractivity contribution is 9.10. The molecule has 178 valence electrons. The van der Waals surface area contributed by atoms with Gasteiger partial charge in [-0.2, -0.15) is 5.10 Å². The highest BCUT2D eigenvalue weighted by Gasteiger charge is 2.29. The molecule has 0 fully saturated rings. The van der Waals surface area contributed by atoms with Crippen LogP contribution in [0.25, 0.3) is 27.7 Å². The molecule has 5 aromatic rings. The smallest absolute Gasteiger partial charge is 0.254 e. The summed E-state index contributed by atoms with van der Waals surface area (Å²) in [6.07, 6.45) is 2.66. The van der Waals surface area contributed by atoms with Gasteiger partial charge in [0.1, 0.15) is 11.5 Å². The van der Waals surface area contributed by atoms with Crippen LogP contribution < -0.4 is 0 Å². The van der Waals surface area contributed by atoms with Crippen molar-refractivity contribution in [2.45, 2.75) is 19.4 Å². The van der Waals surface area contributed by atoms with Crippen LogP contribution in [-0.2, 0) is 6.42 Å². The Morgan fingerprint density at radius 2 is 1.78 bits per heavy atom. The summed E-state index contributed by atoms with van der Waals surface area (Å²) in [5, 5.41) is 5.55.